The Morgan fingerprint density at radius 1 is 1.25 bits per heavy atom. The second-order valence-electron chi connectivity index (χ2n) is 4.62. The maximum Gasteiger partial charge on any atom is 0.423 e. The summed E-state index contributed by atoms with van der Waals surface area (Å²) in [5.41, 5.74) is -2.01. The van der Waals surface area contributed by atoms with Gasteiger partial charge in [0, 0.05) is 24.8 Å². The zero-order valence-corrected chi connectivity index (χ0v) is 10.4. The first-order chi connectivity index (χ1) is 9.29. The summed E-state index contributed by atoms with van der Waals surface area (Å²) in [6, 6.07) is 2.88. The third-order valence-corrected chi connectivity index (χ3v) is 3.27. The van der Waals surface area contributed by atoms with E-state index >= 15 is 0 Å². The number of piperidine rings is 1. The lowest BCUT2D eigenvalue weighted by Crippen LogP contribution is -2.34. The third-order valence-electron chi connectivity index (χ3n) is 3.27. The monoisotopic (exact) mass is 292 g/mol. The highest BCUT2D eigenvalue weighted by Crippen LogP contribution is 2.38. The molecule has 0 spiro atoms. The number of nitro benzene ring substituents is 1. The van der Waals surface area contributed by atoms with Crippen LogP contribution in [0, 0.1) is 10.1 Å². The van der Waals surface area contributed by atoms with Crippen molar-refractivity contribution < 1.29 is 22.5 Å². The van der Waals surface area contributed by atoms with Crippen molar-refractivity contribution in [1.29, 1.82) is 0 Å². The fourth-order valence-electron chi connectivity index (χ4n) is 2.21. The highest BCUT2D eigenvalue weighted by molar-refractivity contribution is 5.57. The van der Waals surface area contributed by atoms with E-state index < -0.39 is 28.5 Å². The Balaban J connectivity index is 2.35. The number of hydrogen-bond acceptors (Lipinski definition) is 3. The molecule has 1 aromatic carbocycles. The van der Waals surface area contributed by atoms with E-state index in [1.807, 2.05) is 0 Å². The average molecular weight is 292 g/mol. The first-order valence-corrected chi connectivity index (χ1v) is 6.03. The van der Waals surface area contributed by atoms with Gasteiger partial charge in [-0.15, -0.1) is 0 Å². The predicted molar refractivity (Wildman–Crippen MR) is 64.4 cm³/mol. The number of nitro groups is 1. The van der Waals surface area contributed by atoms with Crippen molar-refractivity contribution in [1.82, 2.24) is 0 Å². The Kier molecular flexibility index (Phi) is 3.82. The maximum atomic E-state index is 13.0. The summed E-state index contributed by atoms with van der Waals surface area (Å²) in [6.45, 7) is 0.604. The van der Waals surface area contributed by atoms with Crippen LogP contribution in [0.2, 0.25) is 0 Å². The molecule has 1 fully saturated rings. The predicted octanol–water partition coefficient (Wildman–Crippen LogP) is 3.55. The molecule has 0 saturated carbocycles. The molecule has 20 heavy (non-hydrogen) atoms. The second-order valence-corrected chi connectivity index (χ2v) is 4.62. The van der Waals surface area contributed by atoms with Crippen molar-refractivity contribution in [3.05, 3.63) is 33.9 Å². The van der Waals surface area contributed by atoms with Crippen molar-refractivity contribution in [2.24, 2.45) is 0 Å². The van der Waals surface area contributed by atoms with Crippen LogP contribution >= 0.6 is 0 Å². The van der Waals surface area contributed by atoms with E-state index in [9.17, 15) is 27.7 Å². The molecule has 1 aromatic rings. The van der Waals surface area contributed by atoms with Crippen molar-refractivity contribution in [3.63, 3.8) is 0 Å². The summed E-state index contributed by atoms with van der Waals surface area (Å²) < 4.78 is 51.5. The summed E-state index contributed by atoms with van der Waals surface area (Å²) >= 11 is 0. The minimum atomic E-state index is -4.79. The molecule has 1 saturated heterocycles. The van der Waals surface area contributed by atoms with Gasteiger partial charge in [0.15, 0.2) is 0 Å². The van der Waals surface area contributed by atoms with Gasteiger partial charge in [-0.05, 0) is 25.0 Å². The molecule has 0 radical (unpaired) electrons. The van der Waals surface area contributed by atoms with E-state index in [0.717, 1.165) is 12.1 Å². The van der Waals surface area contributed by atoms with Crippen molar-refractivity contribution in [2.75, 3.05) is 18.0 Å². The van der Waals surface area contributed by atoms with E-state index in [1.165, 1.54) is 6.07 Å². The zero-order valence-electron chi connectivity index (χ0n) is 10.4. The first-order valence-electron chi connectivity index (χ1n) is 6.03. The summed E-state index contributed by atoms with van der Waals surface area (Å²) in [6.07, 6.45) is -5.24. The van der Waals surface area contributed by atoms with Crippen LogP contribution in [0.15, 0.2) is 18.2 Å². The van der Waals surface area contributed by atoms with Gasteiger partial charge in [-0.2, -0.15) is 13.2 Å². The van der Waals surface area contributed by atoms with Gasteiger partial charge in [0.25, 0.3) is 5.69 Å². The number of rotatable bonds is 2. The van der Waals surface area contributed by atoms with E-state index in [4.69, 9.17) is 0 Å². The lowest BCUT2D eigenvalue weighted by Gasteiger charge is -2.30. The Morgan fingerprint density at radius 2 is 1.85 bits per heavy atom. The highest BCUT2D eigenvalue weighted by Gasteiger charge is 2.38. The molecule has 0 unspecified atom stereocenters. The molecule has 110 valence electrons. The summed E-state index contributed by atoms with van der Waals surface area (Å²) in [5.74, 6) is 0. The Hall–Kier alpha value is -1.86. The summed E-state index contributed by atoms with van der Waals surface area (Å²) in [4.78, 5) is 11.2. The maximum absolute atomic E-state index is 13.0. The molecule has 0 aromatic heterocycles. The van der Waals surface area contributed by atoms with Gasteiger partial charge in [-0.1, -0.05) is 0 Å². The number of hydrogen-bond donors (Lipinski definition) is 0. The molecule has 0 amide bonds. The van der Waals surface area contributed by atoms with Crippen molar-refractivity contribution in [3.8, 4) is 0 Å². The van der Waals surface area contributed by atoms with Crippen LogP contribution in [0.1, 0.15) is 18.4 Å². The molecule has 1 aliphatic heterocycles. The van der Waals surface area contributed by atoms with Gasteiger partial charge in [0.1, 0.15) is 11.7 Å². The number of alkyl halides is 4. The van der Waals surface area contributed by atoms with Crippen LogP contribution in [0.3, 0.4) is 0 Å². The van der Waals surface area contributed by atoms with Crippen LogP contribution in [0.4, 0.5) is 28.9 Å². The molecule has 0 atom stereocenters. The summed E-state index contributed by atoms with van der Waals surface area (Å²) in [7, 11) is 0. The molecule has 4 nitrogen and oxygen atoms in total. The van der Waals surface area contributed by atoms with Crippen LogP contribution in [0.25, 0.3) is 0 Å². The lowest BCUT2D eigenvalue weighted by molar-refractivity contribution is -0.388. The van der Waals surface area contributed by atoms with Crippen molar-refractivity contribution in [2.45, 2.75) is 25.2 Å². The topological polar surface area (TPSA) is 46.4 Å². The first kappa shape index (κ1) is 14.5. The van der Waals surface area contributed by atoms with Crippen LogP contribution in [-0.4, -0.2) is 24.2 Å². The standard InChI is InChI=1S/C12H12F4N2O2/c13-8-3-5-17(6-4-8)9-1-2-11(18(19)20)10(7-9)12(14,15)16/h1-2,7-8H,3-6H2. The normalized spacial score (nSPS) is 17.3. The molecule has 1 aliphatic rings. The molecule has 0 aliphatic carbocycles. The Morgan fingerprint density at radius 3 is 2.35 bits per heavy atom. The van der Waals surface area contributed by atoms with Crippen molar-refractivity contribution >= 4 is 11.4 Å². The van der Waals surface area contributed by atoms with Gasteiger partial charge in [-0.3, -0.25) is 10.1 Å². The molecule has 2 rings (SSSR count). The van der Waals surface area contributed by atoms with Crippen LogP contribution in [0.5, 0.6) is 0 Å². The number of halogens is 4. The smallest absolute Gasteiger partial charge is 0.371 e. The summed E-state index contributed by atoms with van der Waals surface area (Å²) in [5, 5.41) is 10.6. The quantitative estimate of drug-likeness (QED) is 0.476. The van der Waals surface area contributed by atoms with Gasteiger partial charge >= 0.3 is 6.18 Å². The number of nitrogens with zero attached hydrogens (tertiary/aromatic N) is 2. The Bertz CT molecular complexity index is 511. The fraction of sp³-hybridized carbons (Fsp3) is 0.500. The molecule has 8 heteroatoms. The van der Waals surface area contributed by atoms with Gasteiger partial charge in [-0.25, -0.2) is 4.39 Å². The minimum absolute atomic E-state index is 0.231. The lowest BCUT2D eigenvalue weighted by atomic mass is 10.1. The highest BCUT2D eigenvalue weighted by atomic mass is 19.4. The SMILES string of the molecule is O=[N+]([O-])c1ccc(N2CCC(F)CC2)cc1C(F)(F)F. The molecular formula is C12H12F4N2O2. The minimum Gasteiger partial charge on any atom is -0.371 e. The van der Waals surface area contributed by atoms with Gasteiger partial charge < -0.3 is 4.90 Å². The van der Waals surface area contributed by atoms with Gasteiger partial charge in [0.05, 0.1) is 4.92 Å². The van der Waals surface area contributed by atoms with Gasteiger partial charge in [0.2, 0.25) is 0 Å². The van der Waals surface area contributed by atoms with E-state index in [1.54, 1.807) is 4.90 Å². The molecule has 0 N–H and O–H groups in total. The molecular weight excluding hydrogens is 280 g/mol. The van der Waals surface area contributed by atoms with Crippen LogP contribution in [-0.2, 0) is 6.18 Å². The average Bonchev–Trinajstić information content (AvgIpc) is 2.38. The number of anilines is 1. The van der Waals surface area contributed by atoms with E-state index in [-0.39, 0.29) is 18.5 Å². The number of benzene rings is 1. The fourth-order valence-corrected chi connectivity index (χ4v) is 2.21. The van der Waals surface area contributed by atoms with E-state index in [2.05, 4.69) is 0 Å². The van der Waals surface area contributed by atoms with E-state index in [0.29, 0.717) is 13.1 Å². The Labute approximate surface area is 112 Å². The third kappa shape index (κ3) is 3.00. The zero-order chi connectivity index (χ0) is 14.9. The largest absolute Gasteiger partial charge is 0.423 e. The second kappa shape index (κ2) is 5.26. The molecule has 0 bridgehead atoms. The van der Waals surface area contributed by atoms with Crippen LogP contribution < -0.4 is 4.90 Å². The molecule has 1 heterocycles.